The van der Waals surface area contributed by atoms with Crippen molar-refractivity contribution in [2.75, 3.05) is 0 Å². The van der Waals surface area contributed by atoms with Crippen LogP contribution in [0.5, 0.6) is 0 Å². The molecule has 0 fully saturated rings. The van der Waals surface area contributed by atoms with E-state index in [0.717, 1.165) is 12.1 Å². The van der Waals surface area contributed by atoms with Crippen molar-refractivity contribution in [1.29, 1.82) is 0 Å². The molecule has 1 N–H and O–H groups in total. The Bertz CT molecular complexity index is 1150. The second-order valence-corrected chi connectivity index (χ2v) is 5.45. The number of allylic oxidation sites excluding steroid dienone is 1. The number of aliphatic hydroxyl groups is 1. The van der Waals surface area contributed by atoms with Crippen LogP contribution >= 0.6 is 0 Å². The van der Waals surface area contributed by atoms with Crippen molar-refractivity contribution in [3.05, 3.63) is 87.3 Å². The van der Waals surface area contributed by atoms with E-state index in [1.165, 1.54) is 0 Å². The van der Waals surface area contributed by atoms with Crippen molar-refractivity contribution < 1.29 is 29.6 Å². The third-order valence-electron chi connectivity index (χ3n) is 3.87. The van der Waals surface area contributed by atoms with Gasteiger partial charge in [-0.2, -0.15) is 4.90 Å². The van der Waals surface area contributed by atoms with E-state index < -0.39 is 65.6 Å². The summed E-state index contributed by atoms with van der Waals surface area (Å²) in [5.41, 5.74) is -5.97. The number of fused-ring (bicyclic) bond motifs is 1. The Morgan fingerprint density at radius 1 is 1.03 bits per heavy atom. The number of nitrogens with zero attached hydrogens (tertiary/aromatic N) is 7. The van der Waals surface area contributed by atoms with E-state index in [1.54, 1.807) is 0 Å². The van der Waals surface area contributed by atoms with Gasteiger partial charge in [0.1, 0.15) is 0 Å². The first-order chi connectivity index (χ1) is 13.5. The fourth-order valence-corrected chi connectivity index (χ4v) is 2.61. The molecule has 2 aromatic rings. The first-order valence-corrected chi connectivity index (χ1v) is 7.26. The van der Waals surface area contributed by atoms with Crippen LogP contribution in [-0.4, -0.2) is 40.4 Å². The van der Waals surface area contributed by atoms with Gasteiger partial charge in [0.2, 0.25) is 17.5 Å². The predicted octanol–water partition coefficient (Wildman–Crippen LogP) is -0.673. The average Bonchev–Trinajstić information content (AvgIpc) is 2.98. The summed E-state index contributed by atoms with van der Waals surface area (Å²) in [4.78, 5) is 28.8. The Morgan fingerprint density at radius 2 is 1.69 bits per heavy atom. The van der Waals surface area contributed by atoms with Gasteiger partial charge in [-0.05, 0) is 6.07 Å². The van der Waals surface area contributed by atoms with Crippen LogP contribution in [0, 0.1) is 46.0 Å². The second-order valence-electron chi connectivity index (χ2n) is 5.45. The molecule has 0 radical (unpaired) electrons. The number of rotatable bonds is 4. The van der Waals surface area contributed by atoms with Gasteiger partial charge in [-0.25, -0.2) is 0 Å². The predicted molar refractivity (Wildman–Crippen MR) is 87.0 cm³/mol. The number of aliphatic hydroxyl groups excluding tert-OH is 1. The maximum absolute atomic E-state index is 12.6. The molecule has 0 aliphatic heterocycles. The van der Waals surface area contributed by atoms with E-state index in [0.29, 0.717) is 12.1 Å². The maximum atomic E-state index is 12.6. The molecule has 1 unspecified atom stereocenters. The molecule has 1 atom stereocenters. The van der Waals surface area contributed by atoms with Gasteiger partial charge in [0.05, 0.1) is 32.0 Å². The van der Waals surface area contributed by atoms with Crippen LogP contribution in [-0.2, 0) is 0 Å². The zero-order chi connectivity index (χ0) is 21.6. The number of nitro benzene ring substituents is 2. The molecule has 3 rings (SSSR count). The molecule has 0 saturated heterocycles. The Morgan fingerprint density at radius 3 is 2.21 bits per heavy atom. The van der Waals surface area contributed by atoms with Gasteiger partial charge >= 0.3 is 11.4 Å². The van der Waals surface area contributed by atoms with Crippen LogP contribution < -0.4 is 4.85 Å². The number of nitro groups is 3. The lowest BCUT2D eigenvalue weighted by molar-refractivity contribution is -0.700. The largest absolute Gasteiger partial charge is 0.692 e. The summed E-state index contributed by atoms with van der Waals surface area (Å²) in [5.74, 6) is 0. The molecule has 1 aromatic heterocycles. The highest BCUT2D eigenvalue weighted by Gasteiger charge is 2.46. The van der Waals surface area contributed by atoms with Crippen molar-refractivity contribution in [3.8, 4) is 5.69 Å². The van der Waals surface area contributed by atoms with Crippen LogP contribution in [0.3, 0.4) is 0 Å². The lowest BCUT2D eigenvalue weighted by Crippen LogP contribution is -2.43. The Labute approximate surface area is 156 Å². The summed E-state index contributed by atoms with van der Waals surface area (Å²) in [7, 11) is 0. The molecule has 1 aliphatic rings. The van der Waals surface area contributed by atoms with Gasteiger partial charge in [-0.15, -0.1) is 4.85 Å². The quantitative estimate of drug-likeness (QED) is 0.287. The third kappa shape index (κ3) is 2.92. The topological polar surface area (TPSA) is 244 Å². The summed E-state index contributed by atoms with van der Waals surface area (Å²) in [5, 5.41) is 81.8. The van der Waals surface area contributed by atoms with Crippen LogP contribution in [0.1, 0.15) is 17.5 Å². The molecule has 17 heteroatoms. The monoisotopic (exact) mass is 408 g/mol. The molecule has 0 saturated carbocycles. The standard InChI is InChI=1S/C12H6N7O10/c20-12-9(19(28)29)4-8(18(26)27)10-11(12)15(21)14(13-10)6-2-1-5(16(22)23)3-7(6)17(24)25/h1-4,12,20H/q-1. The number of benzene rings is 1. The van der Waals surface area contributed by atoms with Gasteiger partial charge < -0.3 is 20.7 Å². The first kappa shape index (κ1) is 19.1. The highest BCUT2D eigenvalue weighted by molar-refractivity contribution is 6.06. The van der Waals surface area contributed by atoms with E-state index in [-0.39, 0.29) is 9.64 Å². The molecule has 0 amide bonds. The van der Waals surface area contributed by atoms with Crippen molar-refractivity contribution >= 4 is 17.1 Å². The number of aromatic nitrogens is 3. The van der Waals surface area contributed by atoms with Gasteiger partial charge in [-0.1, -0.05) is 0 Å². The van der Waals surface area contributed by atoms with E-state index in [4.69, 9.17) is 0 Å². The maximum Gasteiger partial charge on any atom is 0.322 e. The van der Waals surface area contributed by atoms with E-state index >= 15 is 0 Å². The average molecular weight is 408 g/mol. The SMILES string of the molecule is O=[N+]([O-])C1=CC(=[N+]([O-])[O-])c2nn(-c3ccc([N+](=O)[O-])cc3[N+](=O)[O-])[n+]([O-])c2C1O. The lowest BCUT2D eigenvalue weighted by Gasteiger charge is -2.14. The summed E-state index contributed by atoms with van der Waals surface area (Å²) >= 11 is 0. The highest BCUT2D eigenvalue weighted by atomic mass is 16.8. The first-order valence-electron chi connectivity index (χ1n) is 7.26. The Hall–Kier alpha value is -4.67. The number of hydrogen-bond acceptors (Lipinski definition) is 11. The molecule has 150 valence electrons. The van der Waals surface area contributed by atoms with Gasteiger partial charge in [0, 0.05) is 10.9 Å². The molecule has 0 bridgehead atoms. The summed E-state index contributed by atoms with van der Waals surface area (Å²) in [6, 6.07) is 2.15. The van der Waals surface area contributed by atoms with Crippen LogP contribution in [0.25, 0.3) is 5.69 Å². The van der Waals surface area contributed by atoms with E-state index in [9.17, 15) is 51.1 Å². The minimum atomic E-state index is -2.22. The third-order valence-corrected chi connectivity index (χ3v) is 3.87. The van der Waals surface area contributed by atoms with Gasteiger partial charge in [0.15, 0.2) is 0 Å². The summed E-state index contributed by atoms with van der Waals surface area (Å²) < 4.78 is 0. The van der Waals surface area contributed by atoms with E-state index in [2.05, 4.69) is 5.10 Å². The molecule has 29 heavy (non-hydrogen) atoms. The molecular weight excluding hydrogens is 402 g/mol. The van der Waals surface area contributed by atoms with Gasteiger partial charge in [0.25, 0.3) is 17.1 Å². The fraction of sp³-hybridized carbons (Fsp3) is 0.0833. The summed E-state index contributed by atoms with van der Waals surface area (Å²) in [6.45, 7) is 0. The molecule has 1 aliphatic carbocycles. The van der Waals surface area contributed by atoms with Crippen LogP contribution in [0.4, 0.5) is 11.4 Å². The molecule has 1 aromatic carbocycles. The van der Waals surface area contributed by atoms with Crippen molar-refractivity contribution in [2.24, 2.45) is 0 Å². The normalized spacial score (nSPS) is 15.4. The number of hydrogen-bond donors (Lipinski definition) is 1. The highest BCUT2D eigenvalue weighted by Crippen LogP contribution is 2.31. The van der Waals surface area contributed by atoms with Gasteiger partial charge in [-0.3, -0.25) is 30.3 Å². The molecule has 17 nitrogen and oxygen atoms in total. The van der Waals surface area contributed by atoms with Crippen LogP contribution in [0.15, 0.2) is 30.0 Å². The molecule has 1 heterocycles. The zero-order valence-electron chi connectivity index (χ0n) is 13.6. The zero-order valence-corrected chi connectivity index (χ0v) is 13.6. The van der Waals surface area contributed by atoms with Crippen molar-refractivity contribution in [2.45, 2.75) is 6.10 Å². The van der Waals surface area contributed by atoms with Crippen molar-refractivity contribution in [1.82, 2.24) is 9.90 Å². The van der Waals surface area contributed by atoms with Crippen LogP contribution in [0.2, 0.25) is 0 Å². The smallest absolute Gasteiger partial charge is 0.322 e. The summed E-state index contributed by atoms with van der Waals surface area (Å²) in [6.07, 6.45) is -1.80. The van der Waals surface area contributed by atoms with E-state index in [1.807, 2.05) is 0 Å². The molecular formula is C12H6N7O10-. The lowest BCUT2D eigenvalue weighted by atomic mass is 10.0. The fourth-order valence-electron chi connectivity index (χ4n) is 2.61. The van der Waals surface area contributed by atoms with Crippen molar-refractivity contribution in [3.63, 3.8) is 0 Å². The number of non-ortho nitro benzene ring substituents is 1. The minimum absolute atomic E-state index is 0.232. The Balaban J connectivity index is 2.30. The minimum Gasteiger partial charge on any atom is -0.692 e. The molecule has 0 spiro atoms. The second kappa shape index (κ2) is 6.49. The Kier molecular flexibility index (Phi) is 4.28.